The molecule has 4 nitrogen and oxygen atoms in total. The van der Waals surface area contributed by atoms with Crippen LogP contribution < -0.4 is 0 Å². The molecule has 3 aliphatic rings. The van der Waals surface area contributed by atoms with Gasteiger partial charge in [-0.15, -0.1) is 11.6 Å². The third kappa shape index (κ3) is 2.38. The first kappa shape index (κ1) is 14.9. The van der Waals surface area contributed by atoms with Crippen LogP contribution in [0.15, 0.2) is 30.3 Å². The van der Waals surface area contributed by atoms with Crippen molar-refractivity contribution in [2.24, 2.45) is 5.41 Å². The standard InChI is InChI=1S/C17H21ClO4/c1-16(2)21-12-10-20-15(17(8-13(17)18)14(12)22-16)19-9-11-6-4-3-5-7-11/h3-7,12-15H,8-10H2,1-2H3/t12-,13+,14-,15-,17+/m0/s1. The molecular weight excluding hydrogens is 304 g/mol. The molecule has 1 spiro atoms. The van der Waals surface area contributed by atoms with Crippen molar-refractivity contribution < 1.29 is 18.9 Å². The van der Waals surface area contributed by atoms with Crippen LogP contribution in [0.3, 0.4) is 0 Å². The smallest absolute Gasteiger partial charge is 0.167 e. The summed E-state index contributed by atoms with van der Waals surface area (Å²) in [4.78, 5) is 0. The zero-order valence-corrected chi connectivity index (χ0v) is 13.6. The first-order valence-electron chi connectivity index (χ1n) is 7.78. The van der Waals surface area contributed by atoms with E-state index in [4.69, 9.17) is 30.5 Å². The summed E-state index contributed by atoms with van der Waals surface area (Å²) in [6, 6.07) is 10.1. The number of ether oxygens (including phenoxy) is 4. The maximum absolute atomic E-state index is 6.46. The maximum Gasteiger partial charge on any atom is 0.167 e. The van der Waals surface area contributed by atoms with Crippen molar-refractivity contribution in [2.75, 3.05) is 6.61 Å². The Morgan fingerprint density at radius 3 is 2.64 bits per heavy atom. The average Bonchev–Trinajstić information content (AvgIpc) is 3.02. The van der Waals surface area contributed by atoms with Crippen molar-refractivity contribution in [2.45, 2.75) is 56.5 Å². The molecular formula is C17H21ClO4. The van der Waals surface area contributed by atoms with Gasteiger partial charge in [0.15, 0.2) is 12.1 Å². The van der Waals surface area contributed by atoms with E-state index in [1.807, 2.05) is 44.2 Å². The Morgan fingerprint density at radius 1 is 1.23 bits per heavy atom. The Bertz CT molecular complexity index is 549. The predicted molar refractivity (Wildman–Crippen MR) is 81.5 cm³/mol. The average molecular weight is 325 g/mol. The van der Waals surface area contributed by atoms with Crippen LogP contribution in [-0.2, 0) is 25.6 Å². The summed E-state index contributed by atoms with van der Waals surface area (Å²) in [6.07, 6.45) is 0.387. The Kier molecular flexibility index (Phi) is 3.51. The van der Waals surface area contributed by atoms with Gasteiger partial charge in [0, 0.05) is 5.38 Å². The highest BCUT2D eigenvalue weighted by Crippen LogP contribution is 2.62. The highest BCUT2D eigenvalue weighted by Gasteiger charge is 2.71. The molecule has 5 heteroatoms. The summed E-state index contributed by atoms with van der Waals surface area (Å²) in [5.74, 6) is -0.584. The third-order valence-corrected chi connectivity index (χ3v) is 5.32. The van der Waals surface area contributed by atoms with Gasteiger partial charge < -0.3 is 18.9 Å². The minimum atomic E-state index is -0.584. The lowest BCUT2D eigenvalue weighted by atomic mass is 9.91. The Morgan fingerprint density at radius 2 is 1.95 bits per heavy atom. The van der Waals surface area contributed by atoms with E-state index in [1.54, 1.807) is 0 Å². The first-order chi connectivity index (χ1) is 10.5. The zero-order chi connectivity index (χ0) is 15.4. The van der Waals surface area contributed by atoms with Crippen molar-refractivity contribution in [1.29, 1.82) is 0 Å². The summed E-state index contributed by atoms with van der Waals surface area (Å²) in [5.41, 5.74) is 0.839. The molecule has 0 radical (unpaired) electrons. The van der Waals surface area contributed by atoms with E-state index in [1.165, 1.54) is 0 Å². The fraction of sp³-hybridized carbons (Fsp3) is 0.647. The predicted octanol–water partition coefficient (Wildman–Crippen LogP) is 3.08. The van der Waals surface area contributed by atoms with Crippen LogP contribution in [0.2, 0.25) is 0 Å². The van der Waals surface area contributed by atoms with Gasteiger partial charge in [-0.25, -0.2) is 0 Å². The molecule has 22 heavy (non-hydrogen) atoms. The molecule has 0 N–H and O–H groups in total. The Hall–Kier alpha value is -0.650. The second-order valence-electron chi connectivity index (χ2n) is 6.84. The molecule has 5 atom stereocenters. The van der Waals surface area contributed by atoms with Gasteiger partial charge in [0.1, 0.15) is 12.2 Å². The van der Waals surface area contributed by atoms with Crippen LogP contribution in [0.5, 0.6) is 0 Å². The third-order valence-electron chi connectivity index (χ3n) is 4.76. The van der Waals surface area contributed by atoms with Gasteiger partial charge in [-0.3, -0.25) is 0 Å². The van der Waals surface area contributed by atoms with Crippen molar-refractivity contribution >= 4 is 11.6 Å². The second-order valence-corrected chi connectivity index (χ2v) is 7.37. The quantitative estimate of drug-likeness (QED) is 0.801. The summed E-state index contributed by atoms with van der Waals surface area (Å²) in [6.45, 7) is 4.87. The molecule has 2 heterocycles. The molecule has 1 aromatic rings. The van der Waals surface area contributed by atoms with E-state index in [2.05, 4.69) is 0 Å². The lowest BCUT2D eigenvalue weighted by molar-refractivity contribution is -0.245. The van der Waals surface area contributed by atoms with Crippen molar-refractivity contribution in [3.63, 3.8) is 0 Å². The molecule has 120 valence electrons. The van der Waals surface area contributed by atoms with Gasteiger partial charge in [-0.05, 0) is 25.8 Å². The van der Waals surface area contributed by atoms with Crippen molar-refractivity contribution in [3.8, 4) is 0 Å². The van der Waals surface area contributed by atoms with Gasteiger partial charge in [0.05, 0.1) is 18.6 Å². The topological polar surface area (TPSA) is 36.9 Å². The number of hydrogen-bond acceptors (Lipinski definition) is 4. The largest absolute Gasteiger partial charge is 0.349 e. The SMILES string of the molecule is CC1(C)O[C@H]2CO[C@H](OCc3ccccc3)[C@@]3(C[C@H]3Cl)[C@H]2O1. The number of alkyl halides is 1. The van der Waals surface area contributed by atoms with Gasteiger partial charge >= 0.3 is 0 Å². The second kappa shape index (κ2) is 5.18. The molecule has 1 aliphatic carbocycles. The Labute approximate surface area is 135 Å². The van der Waals surface area contributed by atoms with E-state index in [0.29, 0.717) is 13.2 Å². The molecule has 1 aromatic carbocycles. The number of rotatable bonds is 3. The highest BCUT2D eigenvalue weighted by molar-refractivity contribution is 6.23. The highest BCUT2D eigenvalue weighted by atomic mass is 35.5. The van der Waals surface area contributed by atoms with E-state index in [-0.39, 0.29) is 29.3 Å². The van der Waals surface area contributed by atoms with E-state index in [0.717, 1.165) is 12.0 Å². The zero-order valence-electron chi connectivity index (χ0n) is 12.8. The lowest BCUT2D eigenvalue weighted by Gasteiger charge is -2.38. The molecule has 2 saturated heterocycles. The summed E-state index contributed by atoms with van der Waals surface area (Å²) >= 11 is 6.46. The van der Waals surface area contributed by atoms with Crippen LogP contribution >= 0.6 is 11.6 Å². The normalized spacial score (nSPS) is 42.3. The Balaban J connectivity index is 1.50. The number of fused-ring (bicyclic) bond motifs is 2. The minimum absolute atomic E-state index is 0.0126. The molecule has 4 rings (SSSR count). The van der Waals surface area contributed by atoms with Crippen LogP contribution in [0.25, 0.3) is 0 Å². The minimum Gasteiger partial charge on any atom is -0.349 e. The van der Waals surface area contributed by atoms with E-state index >= 15 is 0 Å². The fourth-order valence-corrected chi connectivity index (χ4v) is 4.12. The summed E-state index contributed by atoms with van der Waals surface area (Å²) in [7, 11) is 0. The fourth-order valence-electron chi connectivity index (χ4n) is 3.62. The molecule has 0 amide bonds. The van der Waals surface area contributed by atoms with Gasteiger partial charge in [-0.1, -0.05) is 30.3 Å². The summed E-state index contributed by atoms with van der Waals surface area (Å²) < 4.78 is 24.0. The molecule has 2 aliphatic heterocycles. The summed E-state index contributed by atoms with van der Waals surface area (Å²) in [5, 5.41) is 0.0126. The van der Waals surface area contributed by atoms with Crippen molar-refractivity contribution in [1.82, 2.24) is 0 Å². The van der Waals surface area contributed by atoms with E-state index < -0.39 is 5.79 Å². The first-order valence-corrected chi connectivity index (χ1v) is 8.22. The van der Waals surface area contributed by atoms with Crippen LogP contribution in [-0.4, -0.2) is 36.3 Å². The van der Waals surface area contributed by atoms with Gasteiger partial charge in [-0.2, -0.15) is 0 Å². The number of halogens is 1. The molecule has 0 bridgehead atoms. The van der Waals surface area contributed by atoms with Gasteiger partial charge in [0.25, 0.3) is 0 Å². The number of hydrogen-bond donors (Lipinski definition) is 0. The van der Waals surface area contributed by atoms with Gasteiger partial charge in [0.2, 0.25) is 0 Å². The molecule has 0 aromatic heterocycles. The monoisotopic (exact) mass is 324 g/mol. The lowest BCUT2D eigenvalue weighted by Crippen LogP contribution is -2.51. The maximum atomic E-state index is 6.46. The van der Waals surface area contributed by atoms with E-state index in [9.17, 15) is 0 Å². The van der Waals surface area contributed by atoms with Crippen LogP contribution in [0, 0.1) is 5.41 Å². The number of benzene rings is 1. The van der Waals surface area contributed by atoms with Crippen LogP contribution in [0.1, 0.15) is 25.8 Å². The molecule has 3 fully saturated rings. The molecule has 0 unspecified atom stereocenters. The van der Waals surface area contributed by atoms with Crippen molar-refractivity contribution in [3.05, 3.63) is 35.9 Å². The molecule has 1 saturated carbocycles. The van der Waals surface area contributed by atoms with Crippen LogP contribution in [0.4, 0.5) is 0 Å².